The van der Waals surface area contributed by atoms with Gasteiger partial charge in [0.2, 0.25) is 5.91 Å². The molecule has 1 heterocycles. The maximum atomic E-state index is 12.7. The summed E-state index contributed by atoms with van der Waals surface area (Å²) in [5.41, 5.74) is 2.95. The van der Waals surface area contributed by atoms with E-state index in [9.17, 15) is 4.79 Å². The molecule has 7 nitrogen and oxygen atoms in total. The number of rotatable bonds is 7. The molecule has 0 bridgehead atoms. The van der Waals surface area contributed by atoms with Crippen LogP contribution in [0.15, 0.2) is 48.8 Å². The average Bonchev–Trinajstić information content (AvgIpc) is 2.82. The fourth-order valence-electron chi connectivity index (χ4n) is 4.69. The zero-order valence-corrected chi connectivity index (χ0v) is 20.5. The molecule has 1 aliphatic carbocycles. The summed E-state index contributed by atoms with van der Waals surface area (Å²) in [5.74, 6) is 1.44. The molecule has 1 fully saturated rings. The van der Waals surface area contributed by atoms with Gasteiger partial charge in [-0.15, -0.1) is 0 Å². The van der Waals surface area contributed by atoms with Gasteiger partial charge < -0.3 is 20.7 Å². The molecule has 3 N–H and O–H groups in total. The molecule has 7 heteroatoms. The number of nitrogens with one attached hydrogen (secondary N) is 3. The number of carbonyl (C=O) groups excluding carboxylic acids is 1. The van der Waals surface area contributed by atoms with Gasteiger partial charge in [0.05, 0.1) is 19.2 Å². The highest BCUT2D eigenvalue weighted by Gasteiger charge is 2.25. The Labute approximate surface area is 201 Å². The van der Waals surface area contributed by atoms with E-state index >= 15 is 0 Å². The normalized spacial score (nSPS) is 18.5. The Morgan fingerprint density at radius 1 is 1.03 bits per heavy atom. The summed E-state index contributed by atoms with van der Waals surface area (Å²) in [6.45, 7) is 6.76. The van der Waals surface area contributed by atoms with Gasteiger partial charge in [-0.2, -0.15) is 0 Å². The number of nitrogens with zero attached hydrogens (tertiary/aromatic N) is 2. The number of anilines is 1. The Hall–Kier alpha value is -3.19. The summed E-state index contributed by atoms with van der Waals surface area (Å²) in [7, 11) is 1.67. The minimum Gasteiger partial charge on any atom is -0.496 e. The fraction of sp³-hybridized carbons (Fsp3) is 0.444. The maximum absolute atomic E-state index is 12.7. The third-order valence-electron chi connectivity index (χ3n) is 6.20. The smallest absolute Gasteiger partial charge is 0.239 e. The predicted octanol–water partition coefficient (Wildman–Crippen LogP) is 4.53. The first-order valence-corrected chi connectivity index (χ1v) is 12.0. The molecule has 34 heavy (non-hydrogen) atoms. The Balaban J connectivity index is 1.39. The van der Waals surface area contributed by atoms with Gasteiger partial charge in [-0.05, 0) is 70.2 Å². The zero-order chi connectivity index (χ0) is 24.1. The van der Waals surface area contributed by atoms with E-state index < -0.39 is 0 Å². The summed E-state index contributed by atoms with van der Waals surface area (Å²) in [5, 5.41) is 10.9. The van der Waals surface area contributed by atoms with Crippen LogP contribution in [-0.2, 0) is 4.79 Å². The highest BCUT2D eigenvalue weighted by atomic mass is 16.5. The van der Waals surface area contributed by atoms with Gasteiger partial charge in [0, 0.05) is 28.6 Å². The van der Waals surface area contributed by atoms with Gasteiger partial charge >= 0.3 is 0 Å². The lowest BCUT2D eigenvalue weighted by molar-refractivity contribution is -0.120. The Bertz CT molecular complexity index is 1130. The summed E-state index contributed by atoms with van der Waals surface area (Å²) in [6, 6.07) is 14.7. The molecule has 1 saturated carbocycles. The number of carbonyl (C=O) groups is 1. The standard InChI is InChI=1S/C27H35N5O2/c1-27(2,3)32-20-12-10-19(11-13-20)31-25(33)16-28-26-22-15-18(9-14-23(22)29-17-30-26)21-7-5-6-8-24(21)34-4/h5-9,14-15,17,19-20,32H,10-13,16H2,1-4H3,(H,31,33)(H,28,29,30). The monoisotopic (exact) mass is 461 g/mol. The molecular weight excluding hydrogens is 426 g/mol. The van der Waals surface area contributed by atoms with Crippen molar-refractivity contribution >= 4 is 22.6 Å². The van der Waals surface area contributed by atoms with Crippen LogP contribution in [0.4, 0.5) is 5.82 Å². The van der Waals surface area contributed by atoms with Crippen molar-refractivity contribution in [1.29, 1.82) is 0 Å². The second-order valence-corrected chi connectivity index (χ2v) is 10.0. The van der Waals surface area contributed by atoms with Crippen LogP contribution in [0.5, 0.6) is 5.75 Å². The van der Waals surface area contributed by atoms with Crippen LogP contribution < -0.4 is 20.7 Å². The molecule has 1 aliphatic rings. The van der Waals surface area contributed by atoms with Crippen LogP contribution >= 0.6 is 0 Å². The van der Waals surface area contributed by atoms with Crippen molar-refractivity contribution in [1.82, 2.24) is 20.6 Å². The van der Waals surface area contributed by atoms with Crippen LogP contribution in [0.2, 0.25) is 0 Å². The highest BCUT2D eigenvalue weighted by Crippen LogP contribution is 2.32. The number of fused-ring (bicyclic) bond motifs is 1. The highest BCUT2D eigenvalue weighted by molar-refractivity contribution is 5.94. The number of para-hydroxylation sites is 1. The largest absolute Gasteiger partial charge is 0.496 e. The SMILES string of the molecule is COc1ccccc1-c1ccc2ncnc(NCC(=O)NC3CCC(NC(C)(C)C)CC3)c2c1. The number of ether oxygens (including phenoxy) is 1. The van der Waals surface area contributed by atoms with E-state index in [1.807, 2.05) is 42.5 Å². The molecule has 1 aromatic heterocycles. The van der Waals surface area contributed by atoms with Crippen LogP contribution in [0.1, 0.15) is 46.5 Å². The molecule has 180 valence electrons. The van der Waals surface area contributed by atoms with Gasteiger partial charge in [-0.25, -0.2) is 9.97 Å². The van der Waals surface area contributed by atoms with Crippen LogP contribution in [0.25, 0.3) is 22.0 Å². The molecule has 4 rings (SSSR count). The molecule has 0 spiro atoms. The zero-order valence-electron chi connectivity index (χ0n) is 20.5. The number of hydrogen-bond donors (Lipinski definition) is 3. The minimum absolute atomic E-state index is 0.0140. The second kappa shape index (κ2) is 10.4. The predicted molar refractivity (Wildman–Crippen MR) is 137 cm³/mol. The van der Waals surface area contributed by atoms with Crippen LogP contribution in [0.3, 0.4) is 0 Å². The topological polar surface area (TPSA) is 88.2 Å². The van der Waals surface area contributed by atoms with Crippen molar-refractivity contribution < 1.29 is 9.53 Å². The lowest BCUT2D eigenvalue weighted by Gasteiger charge is -2.34. The first-order chi connectivity index (χ1) is 16.3. The van der Waals surface area contributed by atoms with Crippen molar-refractivity contribution in [3.8, 4) is 16.9 Å². The van der Waals surface area contributed by atoms with E-state index in [-0.39, 0.29) is 24.0 Å². The molecule has 0 radical (unpaired) electrons. The van der Waals surface area contributed by atoms with E-state index in [0.717, 1.165) is 53.5 Å². The van der Waals surface area contributed by atoms with Gasteiger partial charge in [0.1, 0.15) is 17.9 Å². The number of amides is 1. The number of benzene rings is 2. The summed E-state index contributed by atoms with van der Waals surface area (Å²) < 4.78 is 5.52. The molecule has 0 saturated heterocycles. The molecular formula is C27H35N5O2. The van der Waals surface area contributed by atoms with Gasteiger partial charge in [0.15, 0.2) is 0 Å². The lowest BCUT2D eigenvalue weighted by atomic mass is 9.89. The number of aromatic nitrogens is 2. The Morgan fingerprint density at radius 3 is 2.50 bits per heavy atom. The van der Waals surface area contributed by atoms with Crippen LogP contribution in [0, 0.1) is 0 Å². The molecule has 2 aromatic carbocycles. The second-order valence-electron chi connectivity index (χ2n) is 10.0. The van der Waals surface area contributed by atoms with Crippen molar-refractivity contribution in [2.45, 2.75) is 64.1 Å². The van der Waals surface area contributed by atoms with Gasteiger partial charge in [-0.3, -0.25) is 4.79 Å². The quantitative estimate of drug-likeness (QED) is 0.479. The van der Waals surface area contributed by atoms with Crippen molar-refractivity contribution in [2.75, 3.05) is 19.0 Å². The maximum Gasteiger partial charge on any atom is 0.239 e. The molecule has 0 atom stereocenters. The van der Waals surface area contributed by atoms with Crippen molar-refractivity contribution in [3.63, 3.8) is 0 Å². The average molecular weight is 462 g/mol. The third-order valence-corrected chi connectivity index (χ3v) is 6.20. The fourth-order valence-corrected chi connectivity index (χ4v) is 4.69. The first kappa shape index (κ1) is 24.0. The number of methoxy groups -OCH3 is 1. The Morgan fingerprint density at radius 2 is 1.76 bits per heavy atom. The van der Waals surface area contributed by atoms with Gasteiger partial charge in [0.25, 0.3) is 0 Å². The van der Waals surface area contributed by atoms with E-state index in [1.165, 1.54) is 6.33 Å². The molecule has 1 amide bonds. The summed E-state index contributed by atoms with van der Waals surface area (Å²) in [6.07, 6.45) is 5.68. The van der Waals surface area contributed by atoms with E-state index in [2.05, 4.69) is 46.7 Å². The third kappa shape index (κ3) is 6.03. The van der Waals surface area contributed by atoms with Crippen molar-refractivity contribution in [3.05, 3.63) is 48.8 Å². The van der Waals surface area contributed by atoms with E-state index in [4.69, 9.17) is 4.74 Å². The summed E-state index contributed by atoms with van der Waals surface area (Å²) >= 11 is 0. The van der Waals surface area contributed by atoms with E-state index in [1.54, 1.807) is 7.11 Å². The van der Waals surface area contributed by atoms with E-state index in [0.29, 0.717) is 11.9 Å². The van der Waals surface area contributed by atoms with Crippen molar-refractivity contribution in [2.24, 2.45) is 0 Å². The number of hydrogen-bond acceptors (Lipinski definition) is 6. The first-order valence-electron chi connectivity index (χ1n) is 12.0. The molecule has 0 aliphatic heterocycles. The van der Waals surface area contributed by atoms with Crippen LogP contribution in [-0.4, -0.2) is 47.2 Å². The summed E-state index contributed by atoms with van der Waals surface area (Å²) in [4.78, 5) is 21.4. The molecule has 0 unspecified atom stereocenters. The van der Waals surface area contributed by atoms with Gasteiger partial charge in [-0.1, -0.05) is 24.3 Å². The molecule has 3 aromatic rings. The minimum atomic E-state index is -0.0140. The lowest BCUT2D eigenvalue weighted by Crippen LogP contribution is -2.48. The Kier molecular flexibility index (Phi) is 7.32.